The Morgan fingerprint density at radius 3 is 2.68 bits per heavy atom. The van der Waals surface area contributed by atoms with E-state index in [2.05, 4.69) is 24.0 Å². The van der Waals surface area contributed by atoms with Crippen molar-refractivity contribution < 1.29 is 4.79 Å². The highest BCUT2D eigenvalue weighted by Gasteiger charge is 2.21. The van der Waals surface area contributed by atoms with Crippen molar-refractivity contribution in [2.75, 3.05) is 18.8 Å². The molecular weight excluding hydrogens is 374 g/mol. The number of carbonyl (C=O) groups excluding carboxylic acids is 1. The van der Waals surface area contributed by atoms with Gasteiger partial charge in [0.15, 0.2) is 5.16 Å². The van der Waals surface area contributed by atoms with E-state index in [0.29, 0.717) is 34.5 Å². The number of para-hydroxylation sites is 1. The third-order valence-corrected chi connectivity index (χ3v) is 6.11. The smallest absolute Gasteiger partial charge is 0.262 e. The standard InChI is InChI=1S/C20H25N5O2S/c1-14(2)9-12-24-18(27)15-7-3-4-8-16(15)25-19(24)21-22-20(25)28-13-17(26)23-10-5-6-11-23/h3-4,7-8,14H,5-6,9-13H2,1-2H3. The summed E-state index contributed by atoms with van der Waals surface area (Å²) in [6, 6.07) is 7.53. The van der Waals surface area contributed by atoms with Crippen LogP contribution in [0, 0.1) is 5.92 Å². The summed E-state index contributed by atoms with van der Waals surface area (Å²) in [5.41, 5.74) is 0.741. The third-order valence-electron chi connectivity index (χ3n) is 5.19. The second kappa shape index (κ2) is 7.95. The molecule has 0 spiro atoms. The van der Waals surface area contributed by atoms with E-state index >= 15 is 0 Å². The average molecular weight is 400 g/mol. The Balaban J connectivity index is 1.74. The number of hydrogen-bond acceptors (Lipinski definition) is 5. The zero-order chi connectivity index (χ0) is 19.7. The van der Waals surface area contributed by atoms with Gasteiger partial charge in [-0.1, -0.05) is 37.7 Å². The van der Waals surface area contributed by atoms with Gasteiger partial charge in [-0.2, -0.15) is 0 Å². The van der Waals surface area contributed by atoms with E-state index in [1.807, 2.05) is 33.6 Å². The normalized spacial score (nSPS) is 14.6. The lowest BCUT2D eigenvalue weighted by atomic mass is 10.1. The fourth-order valence-corrected chi connectivity index (χ4v) is 4.44. The number of nitrogens with zero attached hydrogens (tertiary/aromatic N) is 5. The monoisotopic (exact) mass is 399 g/mol. The molecule has 0 aliphatic carbocycles. The highest BCUT2D eigenvalue weighted by atomic mass is 32.2. The Labute approximate surface area is 167 Å². The van der Waals surface area contributed by atoms with Crippen molar-refractivity contribution >= 4 is 34.3 Å². The van der Waals surface area contributed by atoms with Gasteiger partial charge >= 0.3 is 0 Å². The lowest BCUT2D eigenvalue weighted by Crippen LogP contribution is -2.29. The zero-order valence-corrected chi connectivity index (χ0v) is 17.1. The van der Waals surface area contributed by atoms with Gasteiger partial charge in [0.05, 0.1) is 16.7 Å². The van der Waals surface area contributed by atoms with Crippen molar-refractivity contribution in [2.45, 2.75) is 44.8 Å². The summed E-state index contributed by atoms with van der Waals surface area (Å²) in [6.45, 7) is 6.56. The number of thioether (sulfide) groups is 1. The molecule has 3 aromatic rings. The van der Waals surface area contributed by atoms with Crippen molar-refractivity contribution in [3.63, 3.8) is 0 Å². The van der Waals surface area contributed by atoms with E-state index in [1.54, 1.807) is 4.57 Å². The summed E-state index contributed by atoms with van der Waals surface area (Å²) in [6.07, 6.45) is 3.05. The number of benzene rings is 1. The minimum Gasteiger partial charge on any atom is -0.342 e. The Morgan fingerprint density at radius 1 is 1.18 bits per heavy atom. The molecule has 1 aliphatic rings. The summed E-state index contributed by atoms with van der Waals surface area (Å²) in [4.78, 5) is 27.4. The molecule has 4 rings (SSSR count). The largest absolute Gasteiger partial charge is 0.342 e. The maximum absolute atomic E-state index is 13.0. The first-order valence-corrected chi connectivity index (χ1v) is 10.8. The van der Waals surface area contributed by atoms with Crippen LogP contribution in [0.25, 0.3) is 16.7 Å². The van der Waals surface area contributed by atoms with Crippen molar-refractivity contribution in [3.8, 4) is 0 Å². The van der Waals surface area contributed by atoms with Crippen molar-refractivity contribution in [1.29, 1.82) is 0 Å². The summed E-state index contributed by atoms with van der Waals surface area (Å²) in [7, 11) is 0. The van der Waals surface area contributed by atoms with E-state index in [-0.39, 0.29) is 11.5 Å². The van der Waals surface area contributed by atoms with Crippen LogP contribution in [-0.2, 0) is 11.3 Å². The minimum absolute atomic E-state index is 0.0409. The molecular formula is C20H25N5O2S. The molecule has 28 heavy (non-hydrogen) atoms. The molecule has 148 valence electrons. The van der Waals surface area contributed by atoms with Crippen LogP contribution < -0.4 is 5.56 Å². The van der Waals surface area contributed by atoms with Crippen LogP contribution in [-0.4, -0.2) is 48.8 Å². The molecule has 0 N–H and O–H groups in total. The third kappa shape index (κ3) is 3.53. The molecule has 3 heterocycles. The first kappa shape index (κ1) is 19.0. The molecule has 0 unspecified atom stereocenters. The molecule has 1 aliphatic heterocycles. The van der Waals surface area contributed by atoms with Crippen LogP contribution in [0.15, 0.2) is 34.2 Å². The predicted octanol–water partition coefficient (Wildman–Crippen LogP) is 2.80. The van der Waals surface area contributed by atoms with Gasteiger partial charge in [-0.25, -0.2) is 0 Å². The summed E-state index contributed by atoms with van der Waals surface area (Å²) >= 11 is 1.39. The van der Waals surface area contributed by atoms with E-state index in [9.17, 15) is 9.59 Å². The highest BCUT2D eigenvalue weighted by molar-refractivity contribution is 7.99. The molecule has 1 fully saturated rings. The maximum atomic E-state index is 13.0. The number of aromatic nitrogens is 4. The highest BCUT2D eigenvalue weighted by Crippen LogP contribution is 2.23. The lowest BCUT2D eigenvalue weighted by Gasteiger charge is -2.14. The van der Waals surface area contributed by atoms with E-state index in [1.165, 1.54) is 11.8 Å². The first-order chi connectivity index (χ1) is 13.6. The Morgan fingerprint density at radius 2 is 1.93 bits per heavy atom. The average Bonchev–Trinajstić information content (AvgIpc) is 3.36. The molecule has 1 amide bonds. The molecule has 0 radical (unpaired) electrons. The second-order valence-electron chi connectivity index (χ2n) is 7.65. The SMILES string of the molecule is CC(C)CCn1c(=O)c2ccccc2n2c(SCC(=O)N3CCCC3)nnc12. The number of likely N-dealkylation sites (tertiary alicyclic amines) is 1. The molecule has 1 aromatic carbocycles. The van der Waals surface area contributed by atoms with Gasteiger partial charge in [-0.05, 0) is 37.3 Å². The number of amides is 1. The summed E-state index contributed by atoms with van der Waals surface area (Å²) < 4.78 is 3.63. The van der Waals surface area contributed by atoms with Crippen LogP contribution >= 0.6 is 11.8 Å². The number of carbonyl (C=O) groups is 1. The Hall–Kier alpha value is -2.35. The molecule has 0 atom stereocenters. The fraction of sp³-hybridized carbons (Fsp3) is 0.500. The lowest BCUT2D eigenvalue weighted by molar-refractivity contribution is -0.127. The molecule has 2 aromatic heterocycles. The van der Waals surface area contributed by atoms with Crippen molar-refractivity contribution in [3.05, 3.63) is 34.6 Å². The van der Waals surface area contributed by atoms with Gasteiger partial charge in [0.25, 0.3) is 5.56 Å². The summed E-state index contributed by atoms with van der Waals surface area (Å²) in [5, 5.41) is 9.93. The number of aryl methyl sites for hydroxylation is 1. The molecule has 0 bridgehead atoms. The Bertz CT molecular complexity index is 1070. The van der Waals surface area contributed by atoms with Gasteiger partial charge in [-0.3, -0.25) is 18.6 Å². The van der Waals surface area contributed by atoms with Crippen molar-refractivity contribution in [2.24, 2.45) is 5.92 Å². The predicted molar refractivity (Wildman–Crippen MR) is 111 cm³/mol. The van der Waals surface area contributed by atoms with Gasteiger partial charge in [0.2, 0.25) is 11.7 Å². The minimum atomic E-state index is -0.0409. The van der Waals surface area contributed by atoms with E-state index in [0.717, 1.165) is 37.9 Å². The van der Waals surface area contributed by atoms with Crippen LogP contribution in [0.5, 0.6) is 0 Å². The second-order valence-corrected chi connectivity index (χ2v) is 8.59. The van der Waals surface area contributed by atoms with Crippen LogP contribution in [0.1, 0.15) is 33.1 Å². The number of hydrogen-bond donors (Lipinski definition) is 0. The zero-order valence-electron chi connectivity index (χ0n) is 16.3. The fourth-order valence-electron chi connectivity index (χ4n) is 3.60. The quantitative estimate of drug-likeness (QED) is 0.596. The van der Waals surface area contributed by atoms with Gasteiger partial charge in [-0.15, -0.1) is 10.2 Å². The molecule has 8 heteroatoms. The number of fused-ring (bicyclic) bond motifs is 3. The number of rotatable bonds is 6. The van der Waals surface area contributed by atoms with Crippen LogP contribution in [0.3, 0.4) is 0 Å². The van der Waals surface area contributed by atoms with Crippen LogP contribution in [0.4, 0.5) is 0 Å². The molecule has 1 saturated heterocycles. The van der Waals surface area contributed by atoms with Crippen LogP contribution in [0.2, 0.25) is 0 Å². The van der Waals surface area contributed by atoms with E-state index < -0.39 is 0 Å². The topological polar surface area (TPSA) is 72.5 Å². The molecule has 0 saturated carbocycles. The van der Waals surface area contributed by atoms with Gasteiger partial charge in [0.1, 0.15) is 0 Å². The van der Waals surface area contributed by atoms with Crippen molar-refractivity contribution in [1.82, 2.24) is 24.1 Å². The first-order valence-electron chi connectivity index (χ1n) is 9.83. The Kier molecular flexibility index (Phi) is 5.39. The van der Waals surface area contributed by atoms with Gasteiger partial charge in [0, 0.05) is 19.6 Å². The maximum Gasteiger partial charge on any atom is 0.262 e. The van der Waals surface area contributed by atoms with E-state index in [4.69, 9.17) is 0 Å². The summed E-state index contributed by atoms with van der Waals surface area (Å²) in [5.74, 6) is 1.49. The van der Waals surface area contributed by atoms with Gasteiger partial charge < -0.3 is 4.90 Å². The molecule has 7 nitrogen and oxygen atoms in total.